The first kappa shape index (κ1) is 17.3. The number of hydrogen-bond donors (Lipinski definition) is 0. The fraction of sp³-hybridized carbons (Fsp3) is 0.318. The van der Waals surface area contributed by atoms with Gasteiger partial charge in [-0.3, -0.25) is 4.79 Å². The molecule has 2 atom stereocenters. The maximum atomic E-state index is 12.5. The summed E-state index contributed by atoms with van der Waals surface area (Å²) in [4.78, 5) is 12.5. The molecule has 0 bridgehead atoms. The van der Waals surface area contributed by atoms with Gasteiger partial charge in [-0.25, -0.2) is 0 Å². The van der Waals surface area contributed by atoms with Crippen LogP contribution in [0.1, 0.15) is 24.0 Å². The second kappa shape index (κ2) is 6.92. The number of ether oxygens (including phenoxy) is 2. The fourth-order valence-corrected chi connectivity index (χ4v) is 4.55. The lowest BCUT2D eigenvalue weighted by molar-refractivity contribution is -0.146. The standard InChI is InChI=1S/C22H21BrO3/c1-15-9-18-14-26-21(24)22(18,11-15)12-16-5-4-7-19(10-16)25-13-17-6-2-3-8-20(17)23/h2-8,10,18H,1,9,11-14H2. The molecule has 0 amide bonds. The average Bonchev–Trinajstić information content (AvgIpc) is 3.09. The zero-order valence-electron chi connectivity index (χ0n) is 14.5. The number of carbonyl (C=O) groups excluding carboxylic acids is 1. The van der Waals surface area contributed by atoms with Crippen molar-refractivity contribution >= 4 is 21.9 Å². The Labute approximate surface area is 162 Å². The van der Waals surface area contributed by atoms with Crippen molar-refractivity contribution in [3.05, 3.63) is 76.3 Å². The van der Waals surface area contributed by atoms with Crippen LogP contribution in [0.15, 0.2) is 65.2 Å². The molecule has 1 aliphatic heterocycles. The number of cyclic esters (lactones) is 1. The van der Waals surface area contributed by atoms with Crippen LogP contribution in [0, 0.1) is 11.3 Å². The molecule has 134 valence electrons. The Hall–Kier alpha value is -2.07. The van der Waals surface area contributed by atoms with E-state index in [2.05, 4.69) is 28.6 Å². The number of rotatable bonds is 5. The Balaban J connectivity index is 1.50. The third-order valence-corrected chi connectivity index (χ3v) is 6.25. The molecule has 0 spiro atoms. The molecule has 2 aliphatic rings. The summed E-state index contributed by atoms with van der Waals surface area (Å²) in [6.07, 6.45) is 2.31. The molecule has 0 aromatic heterocycles. The summed E-state index contributed by atoms with van der Waals surface area (Å²) < 4.78 is 12.4. The van der Waals surface area contributed by atoms with E-state index in [4.69, 9.17) is 9.47 Å². The number of benzene rings is 2. The molecular formula is C22H21BrO3. The lowest BCUT2D eigenvalue weighted by Crippen LogP contribution is -2.31. The van der Waals surface area contributed by atoms with Crippen molar-refractivity contribution in [2.24, 2.45) is 11.3 Å². The average molecular weight is 413 g/mol. The Kier molecular flexibility index (Phi) is 4.62. The third-order valence-electron chi connectivity index (χ3n) is 5.47. The van der Waals surface area contributed by atoms with E-state index < -0.39 is 5.41 Å². The van der Waals surface area contributed by atoms with E-state index in [1.165, 1.54) is 0 Å². The first-order valence-electron chi connectivity index (χ1n) is 8.86. The number of fused-ring (bicyclic) bond motifs is 1. The Morgan fingerprint density at radius 2 is 2.08 bits per heavy atom. The molecule has 3 nitrogen and oxygen atoms in total. The van der Waals surface area contributed by atoms with Crippen LogP contribution < -0.4 is 4.74 Å². The SMILES string of the molecule is C=C1CC2COC(=O)C2(Cc2cccc(OCc3ccccc3Br)c2)C1. The Morgan fingerprint density at radius 1 is 1.23 bits per heavy atom. The highest BCUT2D eigenvalue weighted by Crippen LogP contribution is 2.52. The topological polar surface area (TPSA) is 35.5 Å². The van der Waals surface area contributed by atoms with E-state index in [0.29, 0.717) is 19.6 Å². The molecule has 2 aromatic carbocycles. The first-order chi connectivity index (χ1) is 12.6. The van der Waals surface area contributed by atoms with Crippen molar-refractivity contribution in [3.8, 4) is 5.75 Å². The van der Waals surface area contributed by atoms with Crippen LogP contribution in [0.4, 0.5) is 0 Å². The Bertz CT molecular complexity index is 860. The highest BCUT2D eigenvalue weighted by molar-refractivity contribution is 9.10. The molecule has 2 unspecified atom stereocenters. The molecular weight excluding hydrogens is 392 g/mol. The van der Waals surface area contributed by atoms with Crippen molar-refractivity contribution in [1.29, 1.82) is 0 Å². The molecule has 2 fully saturated rings. The van der Waals surface area contributed by atoms with Gasteiger partial charge in [0.25, 0.3) is 0 Å². The molecule has 4 rings (SSSR count). The molecule has 2 aromatic rings. The van der Waals surface area contributed by atoms with Crippen LogP contribution >= 0.6 is 15.9 Å². The van der Waals surface area contributed by atoms with Crippen molar-refractivity contribution in [2.45, 2.75) is 25.9 Å². The van der Waals surface area contributed by atoms with E-state index in [9.17, 15) is 4.79 Å². The zero-order valence-corrected chi connectivity index (χ0v) is 16.1. The predicted molar refractivity (Wildman–Crippen MR) is 104 cm³/mol. The normalized spacial score (nSPS) is 24.4. The quantitative estimate of drug-likeness (QED) is 0.507. The van der Waals surface area contributed by atoms with Gasteiger partial charge in [-0.2, -0.15) is 0 Å². The maximum absolute atomic E-state index is 12.5. The summed E-state index contributed by atoms with van der Waals surface area (Å²) >= 11 is 3.55. The monoisotopic (exact) mass is 412 g/mol. The van der Waals surface area contributed by atoms with Gasteiger partial charge in [-0.15, -0.1) is 0 Å². The number of carbonyl (C=O) groups is 1. The summed E-state index contributed by atoms with van der Waals surface area (Å²) in [6, 6.07) is 16.1. The van der Waals surface area contributed by atoms with Gasteiger partial charge in [0.2, 0.25) is 0 Å². The highest BCUT2D eigenvalue weighted by atomic mass is 79.9. The van der Waals surface area contributed by atoms with Gasteiger partial charge in [0, 0.05) is 16.0 Å². The van der Waals surface area contributed by atoms with Gasteiger partial charge in [0.1, 0.15) is 12.4 Å². The third kappa shape index (κ3) is 3.18. The number of halogens is 1. The van der Waals surface area contributed by atoms with Gasteiger partial charge in [-0.1, -0.05) is 58.4 Å². The number of allylic oxidation sites excluding steroid dienone is 1. The summed E-state index contributed by atoms with van der Waals surface area (Å²) in [7, 11) is 0. The molecule has 0 radical (unpaired) electrons. The zero-order chi connectivity index (χ0) is 18.1. The molecule has 1 saturated heterocycles. The summed E-state index contributed by atoms with van der Waals surface area (Å²) in [5.74, 6) is 1.00. The first-order valence-corrected chi connectivity index (χ1v) is 9.65. The van der Waals surface area contributed by atoms with Crippen LogP contribution in [0.5, 0.6) is 5.75 Å². The van der Waals surface area contributed by atoms with E-state index in [1.54, 1.807) is 0 Å². The van der Waals surface area contributed by atoms with Crippen LogP contribution in [0.3, 0.4) is 0 Å². The minimum absolute atomic E-state index is 0.0688. The molecule has 1 aliphatic carbocycles. The minimum atomic E-state index is -0.432. The van der Waals surface area contributed by atoms with Crippen molar-refractivity contribution < 1.29 is 14.3 Å². The van der Waals surface area contributed by atoms with Gasteiger partial charge in [0.05, 0.1) is 12.0 Å². The van der Waals surface area contributed by atoms with Crippen molar-refractivity contribution in [2.75, 3.05) is 6.61 Å². The van der Waals surface area contributed by atoms with Gasteiger partial charge >= 0.3 is 5.97 Å². The largest absolute Gasteiger partial charge is 0.489 e. The summed E-state index contributed by atoms with van der Waals surface area (Å²) in [5, 5.41) is 0. The van der Waals surface area contributed by atoms with E-state index in [0.717, 1.165) is 39.8 Å². The van der Waals surface area contributed by atoms with Gasteiger partial charge < -0.3 is 9.47 Å². The lowest BCUT2D eigenvalue weighted by Gasteiger charge is -2.24. The molecule has 4 heteroatoms. The van der Waals surface area contributed by atoms with Crippen LogP contribution in [0.2, 0.25) is 0 Å². The molecule has 1 heterocycles. The Morgan fingerprint density at radius 3 is 2.92 bits per heavy atom. The maximum Gasteiger partial charge on any atom is 0.313 e. The predicted octanol–water partition coefficient (Wildman–Crippen LogP) is 5.08. The van der Waals surface area contributed by atoms with Crippen LogP contribution in [-0.2, 0) is 22.6 Å². The minimum Gasteiger partial charge on any atom is -0.489 e. The summed E-state index contributed by atoms with van der Waals surface area (Å²) in [6.45, 7) is 5.13. The van der Waals surface area contributed by atoms with E-state index in [1.807, 2.05) is 42.5 Å². The van der Waals surface area contributed by atoms with Gasteiger partial charge in [0.15, 0.2) is 0 Å². The van der Waals surface area contributed by atoms with Crippen LogP contribution in [0.25, 0.3) is 0 Å². The smallest absolute Gasteiger partial charge is 0.313 e. The van der Waals surface area contributed by atoms with E-state index in [-0.39, 0.29) is 11.9 Å². The van der Waals surface area contributed by atoms with Crippen molar-refractivity contribution in [3.63, 3.8) is 0 Å². The lowest BCUT2D eigenvalue weighted by atomic mass is 9.75. The van der Waals surface area contributed by atoms with Crippen LogP contribution in [-0.4, -0.2) is 12.6 Å². The molecule has 0 N–H and O–H groups in total. The van der Waals surface area contributed by atoms with E-state index >= 15 is 0 Å². The van der Waals surface area contributed by atoms with Crippen molar-refractivity contribution in [1.82, 2.24) is 0 Å². The molecule has 1 saturated carbocycles. The highest BCUT2D eigenvalue weighted by Gasteiger charge is 2.55. The van der Waals surface area contributed by atoms with Gasteiger partial charge in [-0.05, 0) is 43.0 Å². The second-order valence-electron chi connectivity index (χ2n) is 7.29. The second-order valence-corrected chi connectivity index (χ2v) is 8.14. The molecule has 26 heavy (non-hydrogen) atoms. The number of esters is 1. The fourth-order valence-electron chi connectivity index (χ4n) is 4.15. The number of hydrogen-bond acceptors (Lipinski definition) is 3. The summed E-state index contributed by atoms with van der Waals surface area (Å²) in [5.41, 5.74) is 2.93.